The number of nitrogens with zero attached hydrogens (tertiary/aromatic N) is 4. The Hall–Kier alpha value is -1.55. The average molecular weight is 529 g/mol. The van der Waals surface area contributed by atoms with Crippen LogP contribution in [0.3, 0.4) is 0 Å². The van der Waals surface area contributed by atoms with Crippen LogP contribution in [0.1, 0.15) is 17.5 Å². The molecule has 1 unspecified atom stereocenters. The Kier molecular flexibility index (Phi) is 9.67. The Bertz CT molecular complexity index is 726. The number of nitrogens with one attached hydrogen (secondary N) is 1. The normalized spacial score (nSPS) is 19.5. The quantitative estimate of drug-likeness (QED) is 0.360. The van der Waals surface area contributed by atoms with Crippen molar-refractivity contribution in [1.82, 2.24) is 15.1 Å². The molecule has 2 heterocycles. The predicted molar refractivity (Wildman–Crippen MR) is 133 cm³/mol. The van der Waals surface area contributed by atoms with E-state index in [-0.39, 0.29) is 36.4 Å². The standard InChI is InChI=1S/C22H35N5O2.HI/c1-17-5-6-20(13-18(17)2)26-8-10-27(11-9-26)22(24-15-21(28)25(3)4)23-14-19-7-12-29-16-19;/h5-6,13,19H,7-12,14-16H2,1-4H3,(H,23,24);1H. The number of aryl methyl sites for hydroxylation is 2. The van der Waals surface area contributed by atoms with Gasteiger partial charge in [-0.25, -0.2) is 4.99 Å². The van der Waals surface area contributed by atoms with E-state index in [1.807, 2.05) is 0 Å². The van der Waals surface area contributed by atoms with Crippen LogP contribution in [0.15, 0.2) is 23.2 Å². The van der Waals surface area contributed by atoms with Gasteiger partial charge in [0.15, 0.2) is 5.96 Å². The Morgan fingerprint density at radius 2 is 1.93 bits per heavy atom. The SMILES string of the molecule is Cc1ccc(N2CCN(C(=NCC(=O)N(C)C)NCC3CCOC3)CC2)cc1C.I. The van der Waals surface area contributed by atoms with Crippen LogP contribution in [0.5, 0.6) is 0 Å². The summed E-state index contributed by atoms with van der Waals surface area (Å²) < 4.78 is 5.48. The highest BCUT2D eigenvalue weighted by Crippen LogP contribution is 2.20. The largest absolute Gasteiger partial charge is 0.381 e. The third-order valence-corrected chi connectivity index (χ3v) is 5.87. The second-order valence-electron chi connectivity index (χ2n) is 8.28. The van der Waals surface area contributed by atoms with Crippen LogP contribution in [-0.4, -0.2) is 88.2 Å². The maximum absolute atomic E-state index is 12.0. The zero-order valence-electron chi connectivity index (χ0n) is 18.7. The van der Waals surface area contributed by atoms with Gasteiger partial charge in [-0.15, -0.1) is 24.0 Å². The van der Waals surface area contributed by atoms with Gasteiger partial charge in [0.2, 0.25) is 5.91 Å². The molecule has 2 fully saturated rings. The first-order valence-corrected chi connectivity index (χ1v) is 10.6. The lowest BCUT2D eigenvalue weighted by molar-refractivity contribution is -0.127. The van der Waals surface area contributed by atoms with E-state index < -0.39 is 0 Å². The number of rotatable bonds is 5. The summed E-state index contributed by atoms with van der Waals surface area (Å²) in [6.07, 6.45) is 1.08. The molecule has 1 amide bonds. The first-order chi connectivity index (χ1) is 13.9. The van der Waals surface area contributed by atoms with Crippen LogP contribution in [0.4, 0.5) is 5.69 Å². The zero-order valence-corrected chi connectivity index (χ0v) is 21.0. The number of amides is 1. The van der Waals surface area contributed by atoms with Gasteiger partial charge in [-0.1, -0.05) is 6.07 Å². The summed E-state index contributed by atoms with van der Waals surface area (Å²) in [5, 5.41) is 3.50. The summed E-state index contributed by atoms with van der Waals surface area (Å²) in [4.78, 5) is 23.0. The van der Waals surface area contributed by atoms with Crippen LogP contribution in [-0.2, 0) is 9.53 Å². The van der Waals surface area contributed by atoms with Crippen LogP contribution >= 0.6 is 24.0 Å². The van der Waals surface area contributed by atoms with Crippen molar-refractivity contribution in [3.63, 3.8) is 0 Å². The number of guanidine groups is 1. The lowest BCUT2D eigenvalue weighted by Gasteiger charge is -2.38. The van der Waals surface area contributed by atoms with E-state index >= 15 is 0 Å². The average Bonchev–Trinajstić information content (AvgIpc) is 3.23. The third-order valence-electron chi connectivity index (χ3n) is 5.87. The van der Waals surface area contributed by atoms with Crippen LogP contribution in [0.2, 0.25) is 0 Å². The van der Waals surface area contributed by atoms with Gasteiger partial charge in [-0.2, -0.15) is 0 Å². The highest BCUT2D eigenvalue weighted by molar-refractivity contribution is 14.0. The highest BCUT2D eigenvalue weighted by Gasteiger charge is 2.22. The molecule has 1 atom stereocenters. The van der Waals surface area contributed by atoms with E-state index in [9.17, 15) is 4.79 Å². The van der Waals surface area contributed by atoms with Gasteiger partial charge in [-0.3, -0.25) is 4.79 Å². The molecule has 168 valence electrons. The minimum absolute atomic E-state index is 0. The number of carbonyl (C=O) groups excluding carboxylic acids is 1. The molecular weight excluding hydrogens is 493 g/mol. The highest BCUT2D eigenvalue weighted by atomic mass is 127. The fourth-order valence-electron chi connectivity index (χ4n) is 3.63. The number of piperazine rings is 1. The first kappa shape index (κ1) is 24.7. The fraction of sp³-hybridized carbons (Fsp3) is 0.636. The molecule has 0 saturated carbocycles. The lowest BCUT2D eigenvalue weighted by atomic mass is 10.1. The minimum atomic E-state index is 0. The molecule has 0 spiro atoms. The molecule has 0 aliphatic carbocycles. The Morgan fingerprint density at radius 1 is 1.20 bits per heavy atom. The molecule has 0 radical (unpaired) electrons. The molecule has 1 aromatic carbocycles. The molecule has 1 aromatic rings. The smallest absolute Gasteiger partial charge is 0.243 e. The molecular formula is C22H36IN5O2. The van der Waals surface area contributed by atoms with E-state index in [1.165, 1.54) is 16.8 Å². The number of hydrogen-bond donors (Lipinski definition) is 1. The molecule has 3 rings (SSSR count). The molecule has 0 aromatic heterocycles. The van der Waals surface area contributed by atoms with Crippen molar-refractivity contribution >= 4 is 41.5 Å². The molecule has 2 aliphatic heterocycles. The van der Waals surface area contributed by atoms with E-state index in [4.69, 9.17) is 4.74 Å². The molecule has 8 heteroatoms. The number of hydrogen-bond acceptors (Lipinski definition) is 4. The van der Waals surface area contributed by atoms with Crippen molar-refractivity contribution in [2.24, 2.45) is 10.9 Å². The van der Waals surface area contributed by atoms with Crippen LogP contribution in [0.25, 0.3) is 0 Å². The number of ether oxygens (including phenoxy) is 1. The van der Waals surface area contributed by atoms with Crippen molar-refractivity contribution in [2.75, 3.05) is 71.5 Å². The van der Waals surface area contributed by atoms with Gasteiger partial charge in [-0.05, 0) is 43.5 Å². The summed E-state index contributed by atoms with van der Waals surface area (Å²) in [7, 11) is 3.53. The molecule has 2 saturated heterocycles. The zero-order chi connectivity index (χ0) is 20.8. The van der Waals surface area contributed by atoms with Crippen molar-refractivity contribution in [3.05, 3.63) is 29.3 Å². The number of halogens is 1. The van der Waals surface area contributed by atoms with Crippen molar-refractivity contribution in [2.45, 2.75) is 20.3 Å². The van der Waals surface area contributed by atoms with Gasteiger partial charge in [0.25, 0.3) is 0 Å². The summed E-state index contributed by atoms with van der Waals surface area (Å²) in [5.74, 6) is 1.37. The van der Waals surface area contributed by atoms with E-state index in [2.05, 4.69) is 52.2 Å². The topological polar surface area (TPSA) is 60.4 Å². The van der Waals surface area contributed by atoms with Crippen LogP contribution in [0, 0.1) is 19.8 Å². The Balaban J connectivity index is 0.00000320. The maximum atomic E-state index is 12.0. The van der Waals surface area contributed by atoms with Crippen molar-refractivity contribution in [1.29, 1.82) is 0 Å². The Morgan fingerprint density at radius 3 is 2.53 bits per heavy atom. The van der Waals surface area contributed by atoms with Crippen LogP contribution < -0.4 is 10.2 Å². The number of aliphatic imine (C=N–C) groups is 1. The number of likely N-dealkylation sites (N-methyl/N-ethyl adjacent to an activating group) is 1. The van der Waals surface area contributed by atoms with Gasteiger partial charge in [0.1, 0.15) is 6.54 Å². The van der Waals surface area contributed by atoms with Gasteiger partial charge in [0, 0.05) is 65.0 Å². The summed E-state index contributed by atoms with van der Waals surface area (Å²) >= 11 is 0. The number of benzene rings is 1. The monoisotopic (exact) mass is 529 g/mol. The second kappa shape index (κ2) is 11.7. The summed E-state index contributed by atoms with van der Waals surface area (Å²) in [6.45, 7) is 10.6. The number of carbonyl (C=O) groups is 1. The van der Waals surface area contributed by atoms with Gasteiger partial charge < -0.3 is 24.8 Å². The summed E-state index contributed by atoms with van der Waals surface area (Å²) in [5.41, 5.74) is 3.94. The number of anilines is 1. The third kappa shape index (κ3) is 6.73. The minimum Gasteiger partial charge on any atom is -0.381 e. The second-order valence-corrected chi connectivity index (χ2v) is 8.28. The first-order valence-electron chi connectivity index (χ1n) is 10.6. The molecule has 30 heavy (non-hydrogen) atoms. The van der Waals surface area contributed by atoms with Crippen molar-refractivity contribution in [3.8, 4) is 0 Å². The molecule has 2 aliphatic rings. The van der Waals surface area contributed by atoms with Crippen molar-refractivity contribution < 1.29 is 9.53 Å². The predicted octanol–water partition coefficient (Wildman–Crippen LogP) is 2.11. The Labute approximate surface area is 197 Å². The van der Waals surface area contributed by atoms with Gasteiger partial charge >= 0.3 is 0 Å². The van der Waals surface area contributed by atoms with E-state index in [0.29, 0.717) is 5.92 Å². The fourth-order valence-corrected chi connectivity index (χ4v) is 3.63. The summed E-state index contributed by atoms with van der Waals surface area (Å²) in [6, 6.07) is 6.68. The molecule has 7 nitrogen and oxygen atoms in total. The molecule has 0 bridgehead atoms. The molecule has 1 N–H and O–H groups in total. The van der Waals surface area contributed by atoms with E-state index in [0.717, 1.165) is 58.3 Å². The lowest BCUT2D eigenvalue weighted by Crippen LogP contribution is -2.53. The van der Waals surface area contributed by atoms with E-state index in [1.54, 1.807) is 19.0 Å². The van der Waals surface area contributed by atoms with Gasteiger partial charge in [0.05, 0.1) is 6.61 Å². The maximum Gasteiger partial charge on any atom is 0.243 e.